The van der Waals surface area contributed by atoms with Crippen LogP contribution < -0.4 is 11.1 Å². The number of nitrogens with one attached hydrogen (secondary N) is 1. The molecular formula is C12H14ClF3N2O. The van der Waals surface area contributed by atoms with Gasteiger partial charge in [0, 0.05) is 6.42 Å². The molecule has 0 saturated heterocycles. The Labute approximate surface area is 113 Å². The Kier molecular flexibility index (Phi) is 5.62. The highest BCUT2D eigenvalue weighted by Crippen LogP contribution is 2.33. The van der Waals surface area contributed by atoms with Crippen molar-refractivity contribution in [1.82, 2.24) is 0 Å². The highest BCUT2D eigenvalue weighted by atomic mass is 35.5. The summed E-state index contributed by atoms with van der Waals surface area (Å²) in [6.45, 7) is 0.470. The standard InChI is InChI=1S/C12H14ClF3N2O/c13-9-5-4-8(12(14,15)16)7-10(9)18-11(19)3-1-2-6-17/h4-5,7H,1-3,6,17H2,(H,18,19). The summed E-state index contributed by atoms with van der Waals surface area (Å²) in [5, 5.41) is 2.44. The van der Waals surface area contributed by atoms with Gasteiger partial charge in [-0.3, -0.25) is 4.79 Å². The molecule has 0 heterocycles. The van der Waals surface area contributed by atoms with E-state index in [0.717, 1.165) is 18.2 Å². The third kappa shape index (κ3) is 5.08. The lowest BCUT2D eigenvalue weighted by atomic mass is 10.2. The van der Waals surface area contributed by atoms with Crippen LogP contribution >= 0.6 is 11.6 Å². The second-order valence-electron chi connectivity index (χ2n) is 3.99. The molecule has 19 heavy (non-hydrogen) atoms. The lowest BCUT2D eigenvalue weighted by molar-refractivity contribution is -0.137. The fraction of sp³-hybridized carbons (Fsp3) is 0.417. The summed E-state index contributed by atoms with van der Waals surface area (Å²) < 4.78 is 37.5. The van der Waals surface area contributed by atoms with Crippen LogP contribution in [0.1, 0.15) is 24.8 Å². The Hall–Kier alpha value is -1.27. The van der Waals surface area contributed by atoms with Crippen molar-refractivity contribution in [3.8, 4) is 0 Å². The van der Waals surface area contributed by atoms with Gasteiger partial charge in [0.2, 0.25) is 5.91 Å². The highest BCUT2D eigenvalue weighted by molar-refractivity contribution is 6.33. The van der Waals surface area contributed by atoms with Gasteiger partial charge in [-0.05, 0) is 37.6 Å². The quantitative estimate of drug-likeness (QED) is 0.818. The van der Waals surface area contributed by atoms with Crippen molar-refractivity contribution in [3.63, 3.8) is 0 Å². The van der Waals surface area contributed by atoms with E-state index >= 15 is 0 Å². The molecule has 0 radical (unpaired) electrons. The van der Waals surface area contributed by atoms with Crippen LogP contribution in [0, 0.1) is 0 Å². The van der Waals surface area contributed by atoms with E-state index < -0.39 is 11.7 Å². The molecule has 0 atom stereocenters. The lowest BCUT2D eigenvalue weighted by Crippen LogP contribution is -2.13. The second kappa shape index (κ2) is 6.77. The first-order chi connectivity index (χ1) is 8.84. The van der Waals surface area contributed by atoms with Crippen molar-refractivity contribution in [2.24, 2.45) is 5.73 Å². The van der Waals surface area contributed by atoms with E-state index in [2.05, 4.69) is 5.32 Å². The van der Waals surface area contributed by atoms with Gasteiger partial charge >= 0.3 is 6.18 Å². The third-order valence-corrected chi connectivity index (χ3v) is 2.76. The van der Waals surface area contributed by atoms with E-state index in [9.17, 15) is 18.0 Å². The number of carbonyl (C=O) groups is 1. The minimum Gasteiger partial charge on any atom is -0.330 e. The first-order valence-corrected chi connectivity index (χ1v) is 6.09. The van der Waals surface area contributed by atoms with Gasteiger partial charge in [-0.2, -0.15) is 13.2 Å². The molecule has 0 aromatic heterocycles. The molecule has 0 saturated carbocycles. The number of alkyl halides is 3. The van der Waals surface area contributed by atoms with E-state index in [4.69, 9.17) is 17.3 Å². The predicted octanol–water partition coefficient (Wildman–Crippen LogP) is 3.43. The van der Waals surface area contributed by atoms with Crippen LogP contribution in [0.5, 0.6) is 0 Å². The van der Waals surface area contributed by atoms with Gasteiger partial charge in [-0.1, -0.05) is 11.6 Å². The Bertz CT molecular complexity index is 449. The summed E-state index contributed by atoms with van der Waals surface area (Å²) in [6, 6.07) is 2.80. The molecule has 3 N–H and O–H groups in total. The van der Waals surface area contributed by atoms with E-state index in [1.165, 1.54) is 0 Å². The van der Waals surface area contributed by atoms with Gasteiger partial charge in [-0.25, -0.2) is 0 Å². The fourth-order valence-corrected chi connectivity index (χ4v) is 1.60. The largest absolute Gasteiger partial charge is 0.416 e. The average molecular weight is 295 g/mol. The summed E-state index contributed by atoms with van der Waals surface area (Å²) in [4.78, 5) is 11.5. The lowest BCUT2D eigenvalue weighted by Gasteiger charge is -2.11. The van der Waals surface area contributed by atoms with Crippen LogP contribution in [0.15, 0.2) is 18.2 Å². The van der Waals surface area contributed by atoms with Crippen LogP contribution in [-0.2, 0) is 11.0 Å². The molecule has 0 bridgehead atoms. The molecule has 0 aliphatic heterocycles. The zero-order valence-electron chi connectivity index (χ0n) is 10.1. The maximum atomic E-state index is 12.5. The molecule has 1 rings (SSSR count). The predicted molar refractivity (Wildman–Crippen MR) is 68.0 cm³/mol. The maximum Gasteiger partial charge on any atom is 0.416 e. The van der Waals surface area contributed by atoms with E-state index in [-0.39, 0.29) is 23.0 Å². The number of benzene rings is 1. The highest BCUT2D eigenvalue weighted by Gasteiger charge is 2.31. The first-order valence-electron chi connectivity index (χ1n) is 5.71. The molecule has 0 unspecified atom stereocenters. The topological polar surface area (TPSA) is 55.1 Å². The SMILES string of the molecule is NCCCCC(=O)Nc1cc(C(F)(F)F)ccc1Cl. The number of amides is 1. The number of halogens is 4. The van der Waals surface area contributed by atoms with Crippen LogP contribution in [0.2, 0.25) is 5.02 Å². The summed E-state index contributed by atoms with van der Waals surface area (Å²) >= 11 is 5.75. The van der Waals surface area contributed by atoms with Crippen molar-refractivity contribution in [2.45, 2.75) is 25.4 Å². The van der Waals surface area contributed by atoms with Gasteiger partial charge in [0.15, 0.2) is 0 Å². The molecule has 106 valence electrons. The smallest absolute Gasteiger partial charge is 0.330 e. The minimum atomic E-state index is -4.47. The van der Waals surface area contributed by atoms with Crippen molar-refractivity contribution < 1.29 is 18.0 Å². The number of unbranched alkanes of at least 4 members (excludes halogenated alkanes) is 1. The fourth-order valence-electron chi connectivity index (χ4n) is 1.44. The van der Waals surface area contributed by atoms with Crippen LogP contribution in [0.3, 0.4) is 0 Å². The molecular weight excluding hydrogens is 281 g/mol. The van der Waals surface area contributed by atoms with Crippen LogP contribution in [0.25, 0.3) is 0 Å². The number of hydrogen-bond donors (Lipinski definition) is 2. The number of rotatable bonds is 5. The van der Waals surface area contributed by atoms with Crippen molar-refractivity contribution >= 4 is 23.2 Å². The number of nitrogens with two attached hydrogens (primary N) is 1. The molecule has 1 aromatic rings. The third-order valence-electron chi connectivity index (χ3n) is 2.43. The molecule has 7 heteroatoms. The first kappa shape index (κ1) is 15.8. The van der Waals surface area contributed by atoms with Crippen molar-refractivity contribution in [3.05, 3.63) is 28.8 Å². The summed E-state index contributed by atoms with van der Waals surface area (Å²) in [5.41, 5.74) is 4.40. The number of anilines is 1. The molecule has 0 spiro atoms. The van der Waals surface area contributed by atoms with Gasteiger partial charge in [-0.15, -0.1) is 0 Å². The zero-order chi connectivity index (χ0) is 14.5. The van der Waals surface area contributed by atoms with Gasteiger partial charge in [0.25, 0.3) is 0 Å². The molecule has 0 aliphatic carbocycles. The Morgan fingerprint density at radius 2 is 2.00 bits per heavy atom. The normalized spacial score (nSPS) is 11.4. The van der Waals surface area contributed by atoms with Gasteiger partial charge in [0.1, 0.15) is 0 Å². The molecule has 3 nitrogen and oxygen atoms in total. The van der Waals surface area contributed by atoms with E-state index in [1.54, 1.807) is 0 Å². The molecule has 1 amide bonds. The van der Waals surface area contributed by atoms with E-state index in [0.29, 0.717) is 19.4 Å². The molecule has 0 aliphatic rings. The van der Waals surface area contributed by atoms with Crippen LogP contribution in [-0.4, -0.2) is 12.5 Å². The van der Waals surface area contributed by atoms with Gasteiger partial charge in [0.05, 0.1) is 16.3 Å². The molecule has 0 fully saturated rings. The Balaban J connectivity index is 2.74. The summed E-state index contributed by atoms with van der Waals surface area (Å²) in [5.74, 6) is -0.380. The molecule has 1 aromatic carbocycles. The zero-order valence-corrected chi connectivity index (χ0v) is 10.8. The summed E-state index contributed by atoms with van der Waals surface area (Å²) in [7, 11) is 0. The van der Waals surface area contributed by atoms with Crippen molar-refractivity contribution in [2.75, 3.05) is 11.9 Å². The Morgan fingerprint density at radius 1 is 1.32 bits per heavy atom. The van der Waals surface area contributed by atoms with Crippen LogP contribution in [0.4, 0.5) is 18.9 Å². The van der Waals surface area contributed by atoms with Gasteiger partial charge < -0.3 is 11.1 Å². The van der Waals surface area contributed by atoms with E-state index in [1.807, 2.05) is 0 Å². The number of carbonyl (C=O) groups excluding carboxylic acids is 1. The second-order valence-corrected chi connectivity index (χ2v) is 4.39. The monoisotopic (exact) mass is 294 g/mol. The Morgan fingerprint density at radius 3 is 2.58 bits per heavy atom. The minimum absolute atomic E-state index is 0.0331. The summed E-state index contributed by atoms with van der Waals surface area (Å²) in [6.07, 6.45) is -3.00. The maximum absolute atomic E-state index is 12.5. The average Bonchev–Trinajstić information content (AvgIpc) is 2.31. The van der Waals surface area contributed by atoms with Crippen molar-refractivity contribution in [1.29, 1.82) is 0 Å². The number of hydrogen-bond acceptors (Lipinski definition) is 2.